The molecule has 0 bridgehead atoms. The Morgan fingerprint density at radius 2 is 1.86 bits per heavy atom. The van der Waals surface area contributed by atoms with Crippen molar-refractivity contribution >= 4 is 11.1 Å². The molecule has 0 spiro atoms. The fourth-order valence-corrected chi connectivity index (χ4v) is 2.04. The molecule has 2 aromatic rings. The summed E-state index contributed by atoms with van der Waals surface area (Å²) in [7, 11) is 0. The summed E-state index contributed by atoms with van der Waals surface area (Å²) in [5.74, 6) is 1.58. The maximum absolute atomic E-state index is 5.90. The third-order valence-electron chi connectivity index (χ3n) is 3.33. The highest BCUT2D eigenvalue weighted by Gasteiger charge is 2.20. The highest BCUT2D eigenvalue weighted by molar-refractivity contribution is 5.74. The van der Waals surface area contributed by atoms with Crippen LogP contribution in [-0.2, 0) is 5.41 Å². The van der Waals surface area contributed by atoms with E-state index in [9.17, 15) is 0 Å². The molecule has 1 N–H and O–H groups in total. The van der Waals surface area contributed by atoms with Gasteiger partial charge in [-0.3, -0.25) is 0 Å². The topological polar surface area (TPSA) is 47.3 Å². The van der Waals surface area contributed by atoms with Crippen LogP contribution in [0.15, 0.2) is 22.6 Å². The maximum Gasteiger partial charge on any atom is 0.214 e. The Balaban J connectivity index is 2.09. The summed E-state index contributed by atoms with van der Waals surface area (Å²) in [5, 5.41) is 3.43. The van der Waals surface area contributed by atoms with E-state index in [-0.39, 0.29) is 17.1 Å². The third kappa shape index (κ3) is 4.47. The second kappa shape index (κ2) is 5.92. The van der Waals surface area contributed by atoms with Gasteiger partial charge in [0.25, 0.3) is 0 Å². The van der Waals surface area contributed by atoms with E-state index in [2.05, 4.69) is 51.8 Å². The number of ether oxygens (including phenoxy) is 1. The zero-order chi connectivity index (χ0) is 16.5. The van der Waals surface area contributed by atoms with E-state index in [0.717, 1.165) is 23.4 Å². The number of pyridine rings is 1. The molecule has 0 aliphatic rings. The van der Waals surface area contributed by atoms with Gasteiger partial charge in [0.05, 0.1) is 0 Å². The Morgan fingerprint density at radius 3 is 2.45 bits per heavy atom. The van der Waals surface area contributed by atoms with Gasteiger partial charge < -0.3 is 14.5 Å². The normalized spacial score (nSPS) is 14.3. The van der Waals surface area contributed by atoms with E-state index >= 15 is 0 Å². The molecule has 0 unspecified atom stereocenters. The SMILES string of the molecule is C[C@@H](CNC(C)(C)C)Oc1ccc2oc(C(C)(C)C)cc2n1. The van der Waals surface area contributed by atoms with Crippen LogP contribution in [0.5, 0.6) is 5.88 Å². The van der Waals surface area contributed by atoms with Crippen LogP contribution in [0, 0.1) is 0 Å². The standard InChI is InChI=1S/C18H28N2O2/c1-12(11-19-18(5,6)7)21-16-9-8-14-13(20-16)10-15(22-14)17(2,3)4/h8-10,12,19H,11H2,1-7H3/t12-/m0/s1. The number of hydrogen-bond donors (Lipinski definition) is 1. The van der Waals surface area contributed by atoms with Gasteiger partial charge in [-0.1, -0.05) is 20.8 Å². The average Bonchev–Trinajstić information content (AvgIpc) is 2.78. The summed E-state index contributed by atoms with van der Waals surface area (Å²) in [6, 6.07) is 5.79. The molecule has 0 saturated carbocycles. The largest absolute Gasteiger partial charge is 0.473 e. The van der Waals surface area contributed by atoms with Crippen LogP contribution in [0.3, 0.4) is 0 Å². The van der Waals surface area contributed by atoms with Gasteiger partial charge in [-0.15, -0.1) is 0 Å². The quantitative estimate of drug-likeness (QED) is 0.916. The van der Waals surface area contributed by atoms with Crippen molar-refractivity contribution in [3.63, 3.8) is 0 Å². The van der Waals surface area contributed by atoms with E-state index in [1.807, 2.05) is 25.1 Å². The Hall–Kier alpha value is -1.55. The third-order valence-corrected chi connectivity index (χ3v) is 3.33. The van der Waals surface area contributed by atoms with E-state index in [1.54, 1.807) is 0 Å². The Bertz CT molecular complexity index is 633. The number of hydrogen-bond acceptors (Lipinski definition) is 4. The summed E-state index contributed by atoms with van der Waals surface area (Å²) in [6.45, 7) is 15.6. The molecule has 0 aliphatic carbocycles. The first-order valence-corrected chi connectivity index (χ1v) is 7.87. The fourth-order valence-electron chi connectivity index (χ4n) is 2.04. The lowest BCUT2D eigenvalue weighted by atomic mass is 9.93. The van der Waals surface area contributed by atoms with Crippen molar-refractivity contribution in [1.82, 2.24) is 10.3 Å². The monoisotopic (exact) mass is 304 g/mol. The number of fused-ring (bicyclic) bond motifs is 1. The lowest BCUT2D eigenvalue weighted by Gasteiger charge is -2.23. The van der Waals surface area contributed by atoms with Gasteiger partial charge >= 0.3 is 0 Å². The predicted octanol–water partition coefficient (Wildman–Crippen LogP) is 4.28. The van der Waals surface area contributed by atoms with Gasteiger partial charge in [-0.25, -0.2) is 4.98 Å². The van der Waals surface area contributed by atoms with Crippen LogP contribution < -0.4 is 10.1 Å². The van der Waals surface area contributed by atoms with Crippen LogP contribution in [0.2, 0.25) is 0 Å². The van der Waals surface area contributed by atoms with Crippen LogP contribution >= 0.6 is 0 Å². The second-order valence-electron chi connectivity index (χ2n) is 7.95. The van der Waals surface area contributed by atoms with Crippen molar-refractivity contribution in [3.8, 4) is 5.88 Å². The Morgan fingerprint density at radius 1 is 1.18 bits per heavy atom. The van der Waals surface area contributed by atoms with Crippen LogP contribution in [0.25, 0.3) is 11.1 Å². The van der Waals surface area contributed by atoms with Crippen molar-refractivity contribution in [2.75, 3.05) is 6.54 Å². The van der Waals surface area contributed by atoms with Gasteiger partial charge in [0, 0.05) is 29.6 Å². The second-order valence-corrected chi connectivity index (χ2v) is 7.95. The van der Waals surface area contributed by atoms with E-state index in [0.29, 0.717) is 5.88 Å². The molecule has 122 valence electrons. The minimum Gasteiger partial charge on any atom is -0.473 e. The summed E-state index contributed by atoms with van der Waals surface area (Å²) in [5.41, 5.74) is 1.71. The molecule has 1 atom stereocenters. The highest BCUT2D eigenvalue weighted by atomic mass is 16.5. The number of aromatic nitrogens is 1. The number of rotatable bonds is 4. The Kier molecular flexibility index (Phi) is 4.52. The lowest BCUT2D eigenvalue weighted by molar-refractivity contribution is 0.196. The molecule has 0 aliphatic heterocycles. The summed E-state index contributed by atoms with van der Waals surface area (Å²) in [4.78, 5) is 4.55. The number of nitrogens with zero attached hydrogens (tertiary/aromatic N) is 1. The molecule has 0 amide bonds. The Labute approximate surface area is 133 Å². The highest BCUT2D eigenvalue weighted by Crippen LogP contribution is 2.29. The van der Waals surface area contributed by atoms with Crippen molar-refractivity contribution < 1.29 is 9.15 Å². The molecule has 2 heterocycles. The first-order chi connectivity index (χ1) is 10.0. The van der Waals surface area contributed by atoms with E-state index in [1.165, 1.54) is 0 Å². The predicted molar refractivity (Wildman–Crippen MR) is 90.6 cm³/mol. The van der Waals surface area contributed by atoms with Crippen molar-refractivity contribution in [2.24, 2.45) is 0 Å². The first-order valence-electron chi connectivity index (χ1n) is 7.87. The van der Waals surface area contributed by atoms with Crippen molar-refractivity contribution in [1.29, 1.82) is 0 Å². The van der Waals surface area contributed by atoms with Crippen LogP contribution in [0.1, 0.15) is 54.2 Å². The van der Waals surface area contributed by atoms with Gasteiger partial charge in [-0.2, -0.15) is 0 Å². The minimum absolute atomic E-state index is 0.0222. The molecule has 22 heavy (non-hydrogen) atoms. The van der Waals surface area contributed by atoms with Gasteiger partial charge in [0.15, 0.2) is 5.58 Å². The van der Waals surface area contributed by atoms with Gasteiger partial charge in [-0.05, 0) is 33.8 Å². The molecule has 4 heteroatoms. The number of furan rings is 1. The fraction of sp³-hybridized carbons (Fsp3) is 0.611. The molecule has 4 nitrogen and oxygen atoms in total. The zero-order valence-corrected chi connectivity index (χ0v) is 14.8. The van der Waals surface area contributed by atoms with E-state index < -0.39 is 0 Å². The van der Waals surface area contributed by atoms with Crippen molar-refractivity contribution in [3.05, 3.63) is 24.0 Å². The summed E-state index contributed by atoms with van der Waals surface area (Å²) in [6.07, 6.45) is 0.0539. The van der Waals surface area contributed by atoms with Crippen LogP contribution in [0.4, 0.5) is 0 Å². The van der Waals surface area contributed by atoms with E-state index in [4.69, 9.17) is 9.15 Å². The summed E-state index contributed by atoms with van der Waals surface area (Å²) < 4.78 is 11.8. The van der Waals surface area contributed by atoms with Crippen LogP contribution in [-0.4, -0.2) is 23.2 Å². The summed E-state index contributed by atoms with van der Waals surface area (Å²) >= 11 is 0. The molecular weight excluding hydrogens is 276 g/mol. The molecule has 0 radical (unpaired) electrons. The molecular formula is C18H28N2O2. The lowest BCUT2D eigenvalue weighted by Crippen LogP contribution is -2.41. The molecule has 0 aromatic carbocycles. The molecule has 0 saturated heterocycles. The smallest absolute Gasteiger partial charge is 0.214 e. The molecule has 2 aromatic heterocycles. The van der Waals surface area contributed by atoms with Gasteiger partial charge in [0.1, 0.15) is 17.4 Å². The number of nitrogens with one attached hydrogen (secondary N) is 1. The zero-order valence-electron chi connectivity index (χ0n) is 14.8. The first kappa shape index (κ1) is 16.8. The maximum atomic E-state index is 5.90. The average molecular weight is 304 g/mol. The minimum atomic E-state index is -0.0222. The molecule has 0 fully saturated rings. The van der Waals surface area contributed by atoms with Gasteiger partial charge in [0.2, 0.25) is 5.88 Å². The van der Waals surface area contributed by atoms with Crippen molar-refractivity contribution in [2.45, 2.75) is 65.5 Å². The molecule has 2 rings (SSSR count).